The second-order valence-electron chi connectivity index (χ2n) is 8.28. The Morgan fingerprint density at radius 1 is 1.00 bits per heavy atom. The number of aryl methyl sites for hydroxylation is 1. The average Bonchev–Trinajstić information content (AvgIpc) is 2.89. The molecule has 4 rings (SSSR count). The fourth-order valence-corrected chi connectivity index (χ4v) is 5.28. The number of H-pyrrole nitrogens is 1. The zero-order chi connectivity index (χ0) is 25.7. The molecule has 0 atom stereocenters. The van der Waals surface area contributed by atoms with Gasteiger partial charge in [-0.1, -0.05) is 19.1 Å². The molecule has 36 heavy (non-hydrogen) atoms. The van der Waals surface area contributed by atoms with Gasteiger partial charge in [0, 0.05) is 36.6 Å². The number of carbonyl (C=O) groups excluding carboxylic acids is 1. The lowest BCUT2D eigenvalue weighted by atomic mass is 10.1. The quantitative estimate of drug-likeness (QED) is 0.344. The molecule has 2 heterocycles. The number of esters is 1. The maximum atomic E-state index is 13.7. The van der Waals surface area contributed by atoms with Crippen LogP contribution in [0.25, 0.3) is 10.9 Å². The number of pyridine rings is 2. The molecule has 2 aromatic carbocycles. The Bertz CT molecular complexity index is 1530. The Morgan fingerprint density at radius 3 is 2.44 bits per heavy atom. The molecule has 0 aliphatic carbocycles. The lowest BCUT2D eigenvalue weighted by molar-refractivity contribution is 0.0526. The molecule has 0 saturated heterocycles. The second kappa shape index (κ2) is 10.8. The van der Waals surface area contributed by atoms with Crippen LogP contribution in [0.15, 0.2) is 82.7 Å². The summed E-state index contributed by atoms with van der Waals surface area (Å²) in [5.74, 6) is -0.525. The van der Waals surface area contributed by atoms with E-state index in [9.17, 15) is 18.0 Å². The molecule has 0 aliphatic rings. The standard InChI is InChI=1S/C27H27N3O5S/c1-3-19-7-12-25-22(14-19)15-23(26(31)29-25)18-30(17-20-6-5-13-28-16-20)36(33,34)24-10-8-21(9-11-24)27(32)35-4-2/h5-16H,3-4,17-18H2,1-2H3,(H,29,31). The first-order chi connectivity index (χ1) is 17.3. The van der Waals surface area contributed by atoms with Crippen LogP contribution >= 0.6 is 0 Å². The molecule has 1 N–H and O–H groups in total. The van der Waals surface area contributed by atoms with Crippen LogP contribution < -0.4 is 5.56 Å². The number of hydrogen-bond acceptors (Lipinski definition) is 6. The summed E-state index contributed by atoms with van der Waals surface area (Å²) in [5, 5.41) is 0.835. The van der Waals surface area contributed by atoms with Gasteiger partial charge in [0.25, 0.3) is 5.56 Å². The average molecular weight is 506 g/mol. The summed E-state index contributed by atoms with van der Waals surface area (Å²) in [4.78, 5) is 31.8. The highest BCUT2D eigenvalue weighted by atomic mass is 32.2. The topological polar surface area (TPSA) is 109 Å². The van der Waals surface area contributed by atoms with Gasteiger partial charge in [0.1, 0.15) is 0 Å². The Kier molecular flexibility index (Phi) is 7.61. The van der Waals surface area contributed by atoms with Gasteiger partial charge in [-0.25, -0.2) is 13.2 Å². The molecule has 0 radical (unpaired) electrons. The predicted molar refractivity (Wildman–Crippen MR) is 137 cm³/mol. The maximum Gasteiger partial charge on any atom is 0.338 e. The number of ether oxygens (including phenoxy) is 1. The summed E-state index contributed by atoms with van der Waals surface area (Å²) in [6.45, 7) is 3.84. The SMILES string of the molecule is CCOC(=O)c1ccc(S(=O)(=O)N(Cc2cccnc2)Cc2cc3cc(CC)ccc3[nH]c2=O)cc1. The van der Waals surface area contributed by atoms with Gasteiger partial charge in [0.05, 0.1) is 17.1 Å². The molecule has 2 aromatic heterocycles. The van der Waals surface area contributed by atoms with Crippen LogP contribution in [0.3, 0.4) is 0 Å². The van der Waals surface area contributed by atoms with Gasteiger partial charge in [0.2, 0.25) is 10.0 Å². The van der Waals surface area contributed by atoms with Crippen LogP contribution in [0.4, 0.5) is 0 Å². The van der Waals surface area contributed by atoms with E-state index in [1.807, 2.05) is 25.1 Å². The minimum absolute atomic E-state index is 0.00456. The van der Waals surface area contributed by atoms with Crippen molar-refractivity contribution in [2.45, 2.75) is 38.3 Å². The number of benzene rings is 2. The largest absolute Gasteiger partial charge is 0.462 e. The van der Waals surface area contributed by atoms with E-state index in [2.05, 4.69) is 9.97 Å². The van der Waals surface area contributed by atoms with Crippen molar-refractivity contribution in [1.82, 2.24) is 14.3 Å². The minimum atomic E-state index is -4.03. The first-order valence-corrected chi connectivity index (χ1v) is 13.1. The third kappa shape index (κ3) is 5.53. The molecule has 4 aromatic rings. The van der Waals surface area contributed by atoms with Crippen molar-refractivity contribution in [2.24, 2.45) is 0 Å². The monoisotopic (exact) mass is 505 g/mol. The van der Waals surface area contributed by atoms with Crippen molar-refractivity contribution in [1.29, 1.82) is 0 Å². The van der Waals surface area contributed by atoms with Crippen molar-refractivity contribution < 1.29 is 17.9 Å². The van der Waals surface area contributed by atoms with E-state index in [1.54, 1.807) is 37.5 Å². The van der Waals surface area contributed by atoms with Gasteiger partial charge in [-0.3, -0.25) is 9.78 Å². The van der Waals surface area contributed by atoms with E-state index in [1.165, 1.54) is 28.6 Å². The minimum Gasteiger partial charge on any atom is -0.462 e. The van der Waals surface area contributed by atoms with Crippen molar-refractivity contribution in [3.05, 3.63) is 106 Å². The highest BCUT2D eigenvalue weighted by Crippen LogP contribution is 2.22. The van der Waals surface area contributed by atoms with E-state index >= 15 is 0 Å². The number of carbonyl (C=O) groups is 1. The molecule has 0 unspecified atom stereocenters. The second-order valence-corrected chi connectivity index (χ2v) is 10.2. The van der Waals surface area contributed by atoms with Crippen molar-refractivity contribution in [3.8, 4) is 0 Å². The summed E-state index contributed by atoms with van der Waals surface area (Å²) < 4.78 is 33.6. The lowest BCUT2D eigenvalue weighted by Crippen LogP contribution is -2.32. The van der Waals surface area contributed by atoms with Gasteiger partial charge in [-0.15, -0.1) is 0 Å². The Hall–Kier alpha value is -3.82. The number of nitrogens with one attached hydrogen (secondary N) is 1. The summed E-state index contributed by atoms with van der Waals surface area (Å²) in [7, 11) is -4.03. The highest BCUT2D eigenvalue weighted by Gasteiger charge is 2.26. The molecular weight excluding hydrogens is 478 g/mol. The molecule has 0 aliphatic heterocycles. The third-order valence-corrected chi connectivity index (χ3v) is 7.63. The highest BCUT2D eigenvalue weighted by molar-refractivity contribution is 7.89. The molecule has 0 fully saturated rings. The first kappa shape index (κ1) is 25.3. The zero-order valence-electron chi connectivity index (χ0n) is 20.1. The molecule has 0 amide bonds. The van der Waals surface area contributed by atoms with Crippen molar-refractivity contribution in [2.75, 3.05) is 6.61 Å². The molecular formula is C27H27N3O5S. The first-order valence-electron chi connectivity index (χ1n) is 11.6. The number of sulfonamides is 1. The predicted octanol–water partition coefficient (Wildman–Crippen LogP) is 4.05. The van der Waals surface area contributed by atoms with Crippen LogP contribution in [-0.2, 0) is 34.3 Å². The normalized spacial score (nSPS) is 11.6. The fourth-order valence-electron chi connectivity index (χ4n) is 3.88. The molecule has 186 valence electrons. The molecule has 9 heteroatoms. The van der Waals surface area contributed by atoms with Gasteiger partial charge < -0.3 is 9.72 Å². The fraction of sp³-hybridized carbons (Fsp3) is 0.222. The van der Waals surface area contributed by atoms with Crippen LogP contribution in [0.1, 0.15) is 40.9 Å². The van der Waals surface area contributed by atoms with Crippen molar-refractivity contribution >= 4 is 26.9 Å². The Balaban J connectivity index is 1.73. The van der Waals surface area contributed by atoms with Gasteiger partial charge >= 0.3 is 5.97 Å². The van der Waals surface area contributed by atoms with E-state index in [-0.39, 0.29) is 35.7 Å². The molecule has 0 saturated carbocycles. The number of hydrogen-bond donors (Lipinski definition) is 1. The van der Waals surface area contributed by atoms with E-state index in [0.29, 0.717) is 16.6 Å². The number of nitrogens with zero attached hydrogens (tertiary/aromatic N) is 2. The smallest absolute Gasteiger partial charge is 0.338 e. The van der Waals surface area contributed by atoms with E-state index in [0.717, 1.165) is 17.4 Å². The molecule has 8 nitrogen and oxygen atoms in total. The van der Waals surface area contributed by atoms with Crippen LogP contribution in [0.2, 0.25) is 0 Å². The van der Waals surface area contributed by atoms with Crippen LogP contribution in [-0.4, -0.2) is 35.3 Å². The maximum absolute atomic E-state index is 13.7. The number of fused-ring (bicyclic) bond motifs is 1. The summed E-state index contributed by atoms with van der Waals surface area (Å²) >= 11 is 0. The molecule has 0 bridgehead atoms. The molecule has 0 spiro atoms. The summed E-state index contributed by atoms with van der Waals surface area (Å²) in [6.07, 6.45) is 4.04. The van der Waals surface area contributed by atoms with Crippen LogP contribution in [0, 0.1) is 0 Å². The van der Waals surface area contributed by atoms with Gasteiger partial charge in [0.15, 0.2) is 0 Å². The number of rotatable bonds is 9. The third-order valence-electron chi connectivity index (χ3n) is 5.83. The van der Waals surface area contributed by atoms with Gasteiger partial charge in [-0.2, -0.15) is 4.31 Å². The summed E-state index contributed by atoms with van der Waals surface area (Å²) in [6, 6.07) is 16.6. The van der Waals surface area contributed by atoms with Crippen molar-refractivity contribution in [3.63, 3.8) is 0 Å². The number of aromatic nitrogens is 2. The van der Waals surface area contributed by atoms with Crippen LogP contribution in [0.5, 0.6) is 0 Å². The Labute approximate surface area is 209 Å². The number of aromatic amines is 1. The summed E-state index contributed by atoms with van der Waals surface area (Å²) in [5.41, 5.74) is 2.71. The Morgan fingerprint density at radius 2 is 1.78 bits per heavy atom. The lowest BCUT2D eigenvalue weighted by Gasteiger charge is -2.22. The van der Waals surface area contributed by atoms with E-state index < -0.39 is 16.0 Å². The van der Waals surface area contributed by atoms with Gasteiger partial charge in [-0.05, 0) is 78.4 Å². The zero-order valence-corrected chi connectivity index (χ0v) is 20.9. The van der Waals surface area contributed by atoms with E-state index in [4.69, 9.17) is 4.74 Å².